The quantitative estimate of drug-likeness (QED) is 0.491. The highest BCUT2D eigenvalue weighted by molar-refractivity contribution is 7.81. The highest BCUT2D eigenvalue weighted by Crippen LogP contribution is 2.37. The molecule has 1 aliphatic rings. The number of carbonyl (C=O) groups excluding carboxylic acids is 3. The number of fused-ring (bicyclic) bond motifs is 1. The first-order chi connectivity index (χ1) is 13.7. The van der Waals surface area contributed by atoms with Gasteiger partial charge in [-0.1, -0.05) is 0 Å². The maximum absolute atomic E-state index is 11.5. The molecule has 0 unspecified atom stereocenters. The number of esters is 3. The van der Waals surface area contributed by atoms with Crippen molar-refractivity contribution in [2.24, 2.45) is 0 Å². The summed E-state index contributed by atoms with van der Waals surface area (Å²) in [6.07, 6.45) is -0.976. The lowest BCUT2D eigenvalue weighted by Crippen LogP contribution is -2.36. The summed E-state index contributed by atoms with van der Waals surface area (Å²) in [5, 5.41) is -0.648. The van der Waals surface area contributed by atoms with E-state index in [4.69, 9.17) is 24.7 Å². The van der Waals surface area contributed by atoms with Crippen LogP contribution >= 0.6 is 12.6 Å². The van der Waals surface area contributed by atoms with Crippen molar-refractivity contribution in [1.29, 1.82) is 0 Å². The van der Waals surface area contributed by atoms with Crippen LogP contribution in [0.3, 0.4) is 0 Å². The minimum atomic E-state index is -0.801. The second-order valence-corrected chi connectivity index (χ2v) is 6.83. The number of rotatable bonds is 5. The second-order valence-electron chi connectivity index (χ2n) is 6.24. The van der Waals surface area contributed by atoms with E-state index in [-0.39, 0.29) is 29.6 Å². The lowest BCUT2D eigenvalue weighted by atomic mass is 10.1. The molecule has 12 nitrogen and oxygen atoms in total. The summed E-state index contributed by atoms with van der Waals surface area (Å²) in [4.78, 5) is 46.2. The van der Waals surface area contributed by atoms with E-state index >= 15 is 0 Å². The van der Waals surface area contributed by atoms with Gasteiger partial charge in [-0.15, -0.1) is 0 Å². The highest BCUT2D eigenvalue weighted by atomic mass is 32.1. The van der Waals surface area contributed by atoms with Crippen LogP contribution in [0.2, 0.25) is 0 Å². The van der Waals surface area contributed by atoms with Crippen molar-refractivity contribution >= 4 is 47.6 Å². The molecule has 2 aromatic heterocycles. The molecule has 0 aliphatic carbocycles. The molecular formula is C16H19N5O7S. The van der Waals surface area contributed by atoms with E-state index < -0.39 is 41.6 Å². The van der Waals surface area contributed by atoms with Crippen LogP contribution < -0.4 is 10.5 Å². The van der Waals surface area contributed by atoms with Crippen molar-refractivity contribution in [3.8, 4) is 5.88 Å². The predicted octanol–water partition coefficient (Wildman–Crippen LogP) is 0.0244. The molecule has 0 radical (unpaired) electrons. The van der Waals surface area contributed by atoms with Gasteiger partial charge in [-0.25, -0.2) is 4.98 Å². The Balaban J connectivity index is 1.97. The molecule has 3 heterocycles. The fourth-order valence-corrected chi connectivity index (χ4v) is 3.39. The van der Waals surface area contributed by atoms with E-state index in [2.05, 4.69) is 27.6 Å². The minimum Gasteiger partial charge on any atom is -0.463 e. The Morgan fingerprint density at radius 3 is 2.55 bits per heavy atom. The maximum atomic E-state index is 11.5. The summed E-state index contributed by atoms with van der Waals surface area (Å²) in [7, 11) is 0. The standard InChI is InChI=1S/C16H19N5O7S/c1-6(22)25-4-9-11(26-7(2)23)12(29)15(28-9)21-5-18-10-13(21)19-16(17)20-14(10)27-8(3)24/h5,9,11-12,15,29H,4H2,1-3H3,(H2,17,19,20)/t9-,11-,12-,15-/m1/s1. The zero-order valence-corrected chi connectivity index (χ0v) is 16.7. The number of nitrogens with zero attached hydrogens (tertiary/aromatic N) is 4. The van der Waals surface area contributed by atoms with Gasteiger partial charge in [-0.3, -0.25) is 19.0 Å². The molecule has 3 rings (SSSR count). The van der Waals surface area contributed by atoms with Crippen molar-refractivity contribution in [3.05, 3.63) is 6.33 Å². The molecular weight excluding hydrogens is 406 g/mol. The lowest BCUT2D eigenvalue weighted by Gasteiger charge is -2.20. The molecule has 2 N–H and O–H groups in total. The molecule has 0 amide bonds. The van der Waals surface area contributed by atoms with Gasteiger partial charge in [0.2, 0.25) is 5.95 Å². The molecule has 0 aromatic carbocycles. The Kier molecular flexibility index (Phi) is 5.88. The van der Waals surface area contributed by atoms with E-state index in [0.717, 1.165) is 0 Å². The molecule has 1 fully saturated rings. The number of carbonyl (C=O) groups is 3. The van der Waals surface area contributed by atoms with Gasteiger partial charge in [0, 0.05) is 20.8 Å². The lowest BCUT2D eigenvalue weighted by molar-refractivity contribution is -0.155. The zero-order valence-electron chi connectivity index (χ0n) is 15.8. The van der Waals surface area contributed by atoms with Gasteiger partial charge in [0.1, 0.15) is 18.8 Å². The molecule has 0 spiro atoms. The molecule has 1 aliphatic heterocycles. The molecule has 156 valence electrons. The number of anilines is 1. The molecule has 0 bridgehead atoms. The molecule has 2 aromatic rings. The van der Waals surface area contributed by atoms with Crippen LogP contribution in [0.5, 0.6) is 5.88 Å². The molecule has 4 atom stereocenters. The van der Waals surface area contributed by atoms with E-state index in [0.29, 0.717) is 0 Å². The third-order valence-electron chi connectivity index (χ3n) is 3.98. The van der Waals surface area contributed by atoms with Crippen LogP contribution in [-0.2, 0) is 28.6 Å². The monoisotopic (exact) mass is 425 g/mol. The predicted molar refractivity (Wildman–Crippen MR) is 99.9 cm³/mol. The van der Waals surface area contributed by atoms with Crippen molar-refractivity contribution in [1.82, 2.24) is 19.5 Å². The van der Waals surface area contributed by atoms with Gasteiger partial charge in [-0.05, 0) is 0 Å². The van der Waals surface area contributed by atoms with Crippen molar-refractivity contribution in [3.63, 3.8) is 0 Å². The normalized spacial score (nSPS) is 23.7. The van der Waals surface area contributed by atoms with Crippen LogP contribution in [0.1, 0.15) is 27.0 Å². The molecule has 0 saturated carbocycles. The number of ether oxygens (including phenoxy) is 4. The van der Waals surface area contributed by atoms with Crippen LogP contribution in [0, 0.1) is 0 Å². The Morgan fingerprint density at radius 1 is 1.21 bits per heavy atom. The first-order valence-corrected chi connectivity index (χ1v) is 9.01. The van der Waals surface area contributed by atoms with Gasteiger partial charge in [0.05, 0.1) is 11.6 Å². The van der Waals surface area contributed by atoms with E-state index in [9.17, 15) is 14.4 Å². The molecule has 1 saturated heterocycles. The Labute approximate surface area is 170 Å². The van der Waals surface area contributed by atoms with Gasteiger partial charge in [0.25, 0.3) is 5.88 Å². The zero-order chi connectivity index (χ0) is 21.3. The van der Waals surface area contributed by atoms with Crippen LogP contribution in [-0.4, -0.2) is 61.5 Å². The van der Waals surface area contributed by atoms with Gasteiger partial charge in [-0.2, -0.15) is 22.6 Å². The van der Waals surface area contributed by atoms with Crippen LogP contribution in [0.15, 0.2) is 6.33 Å². The number of hydrogen-bond donors (Lipinski definition) is 2. The number of hydrogen-bond acceptors (Lipinski definition) is 12. The molecule has 13 heteroatoms. The Morgan fingerprint density at radius 2 is 1.93 bits per heavy atom. The average molecular weight is 425 g/mol. The molecule has 29 heavy (non-hydrogen) atoms. The number of imidazole rings is 1. The number of nitrogen functional groups attached to an aromatic ring is 1. The summed E-state index contributed by atoms with van der Waals surface area (Å²) >= 11 is 4.53. The van der Waals surface area contributed by atoms with E-state index in [1.54, 1.807) is 0 Å². The van der Waals surface area contributed by atoms with Crippen LogP contribution in [0.4, 0.5) is 5.95 Å². The Bertz CT molecular complexity index is 965. The van der Waals surface area contributed by atoms with E-state index in [1.165, 1.54) is 31.7 Å². The fraction of sp³-hybridized carbons (Fsp3) is 0.500. The summed E-state index contributed by atoms with van der Waals surface area (Å²) in [6, 6.07) is 0. The summed E-state index contributed by atoms with van der Waals surface area (Å²) in [5.74, 6) is -1.88. The third-order valence-corrected chi connectivity index (χ3v) is 4.53. The Hall–Kier alpha value is -2.93. The maximum Gasteiger partial charge on any atom is 0.309 e. The van der Waals surface area contributed by atoms with Gasteiger partial charge < -0.3 is 24.7 Å². The number of aromatic nitrogens is 4. The van der Waals surface area contributed by atoms with E-state index in [1.807, 2.05) is 0 Å². The van der Waals surface area contributed by atoms with Crippen LogP contribution in [0.25, 0.3) is 11.2 Å². The average Bonchev–Trinajstić information content (AvgIpc) is 3.14. The fourth-order valence-electron chi connectivity index (χ4n) is 2.92. The SMILES string of the molecule is CC(=O)OC[C@H]1O[C@@H](n2cnc3c(OC(C)=O)nc(N)nc32)[C@H](S)[C@@H]1OC(C)=O. The summed E-state index contributed by atoms with van der Waals surface area (Å²) in [5.41, 5.74) is 6.14. The second kappa shape index (κ2) is 8.21. The third kappa shape index (κ3) is 4.40. The minimum absolute atomic E-state index is 0.0968. The highest BCUT2D eigenvalue weighted by Gasteiger charge is 2.47. The number of nitrogens with two attached hydrogens (primary N) is 1. The van der Waals surface area contributed by atoms with Gasteiger partial charge >= 0.3 is 17.9 Å². The first kappa shape index (κ1) is 20.8. The largest absolute Gasteiger partial charge is 0.463 e. The summed E-state index contributed by atoms with van der Waals surface area (Å²) in [6.45, 7) is 3.59. The number of thiol groups is 1. The van der Waals surface area contributed by atoms with Crippen molar-refractivity contribution < 1.29 is 33.3 Å². The first-order valence-electron chi connectivity index (χ1n) is 8.50. The van der Waals surface area contributed by atoms with Crippen molar-refractivity contribution in [2.75, 3.05) is 12.3 Å². The topological polar surface area (TPSA) is 158 Å². The van der Waals surface area contributed by atoms with Gasteiger partial charge in [0.15, 0.2) is 17.4 Å². The van der Waals surface area contributed by atoms with Crippen molar-refractivity contribution in [2.45, 2.75) is 44.5 Å². The smallest absolute Gasteiger partial charge is 0.309 e. The summed E-state index contributed by atoms with van der Waals surface area (Å²) < 4.78 is 22.8.